The van der Waals surface area contributed by atoms with Crippen LogP contribution in [0.1, 0.15) is 18.4 Å². The molecule has 0 spiro atoms. The highest BCUT2D eigenvalue weighted by Gasteiger charge is 2.21. The first-order valence-electron chi connectivity index (χ1n) is 6.94. The molecule has 1 aromatic rings. The molecule has 110 valence electrons. The average molecular weight is 280 g/mol. The summed E-state index contributed by atoms with van der Waals surface area (Å²) >= 11 is 0. The van der Waals surface area contributed by atoms with Gasteiger partial charge in [-0.2, -0.15) is 0 Å². The molecule has 0 aromatic heterocycles. The first-order valence-corrected chi connectivity index (χ1v) is 6.94. The third kappa shape index (κ3) is 4.02. The van der Waals surface area contributed by atoms with Gasteiger partial charge in [0.15, 0.2) is 0 Å². The van der Waals surface area contributed by atoms with Gasteiger partial charge in [-0.1, -0.05) is 18.2 Å². The summed E-state index contributed by atoms with van der Waals surface area (Å²) in [5, 5.41) is 9.59. The van der Waals surface area contributed by atoms with E-state index in [0.29, 0.717) is 12.1 Å². The zero-order chi connectivity index (χ0) is 14.5. The zero-order valence-corrected chi connectivity index (χ0v) is 11.8. The summed E-state index contributed by atoms with van der Waals surface area (Å²) < 4.78 is 13.5. The molecule has 1 heterocycles. The number of likely N-dealkylation sites (N-methyl/N-ethyl adjacent to an activating group) is 1. The molecule has 5 heteroatoms. The van der Waals surface area contributed by atoms with Crippen LogP contribution in [0.5, 0.6) is 0 Å². The summed E-state index contributed by atoms with van der Waals surface area (Å²) in [5.74, 6) is -0.345. The van der Waals surface area contributed by atoms with E-state index in [2.05, 4.69) is 0 Å². The molecule has 1 aliphatic rings. The monoisotopic (exact) mass is 280 g/mol. The maximum Gasteiger partial charge on any atom is 0.236 e. The standard InChI is InChI=1S/C15H21FN2O2/c1-17(9-12-5-2-3-7-14(12)16)15(20)11-18-8-4-6-13(19)10-18/h2-3,5,7,13,19H,4,6,8-11H2,1H3/t13-/m0/s1. The maximum absolute atomic E-state index is 13.5. The number of carbonyl (C=O) groups is 1. The summed E-state index contributed by atoms with van der Waals surface area (Å²) in [7, 11) is 1.68. The summed E-state index contributed by atoms with van der Waals surface area (Å²) in [4.78, 5) is 15.6. The Morgan fingerprint density at radius 2 is 2.25 bits per heavy atom. The Morgan fingerprint density at radius 1 is 1.50 bits per heavy atom. The third-order valence-electron chi connectivity index (χ3n) is 3.63. The quantitative estimate of drug-likeness (QED) is 0.902. The fourth-order valence-electron chi connectivity index (χ4n) is 2.46. The van der Waals surface area contributed by atoms with Crippen molar-refractivity contribution in [1.29, 1.82) is 0 Å². The Balaban J connectivity index is 1.87. The Bertz CT molecular complexity index is 467. The van der Waals surface area contributed by atoms with Gasteiger partial charge < -0.3 is 10.0 Å². The molecule has 0 aliphatic carbocycles. The van der Waals surface area contributed by atoms with Crippen LogP contribution in [-0.2, 0) is 11.3 Å². The molecule has 1 saturated heterocycles. The summed E-state index contributed by atoms with van der Waals surface area (Å²) in [6, 6.07) is 6.48. The van der Waals surface area contributed by atoms with Crippen molar-refractivity contribution < 1.29 is 14.3 Å². The van der Waals surface area contributed by atoms with E-state index in [1.54, 1.807) is 25.2 Å². The van der Waals surface area contributed by atoms with E-state index >= 15 is 0 Å². The second-order valence-corrected chi connectivity index (χ2v) is 5.37. The maximum atomic E-state index is 13.5. The number of halogens is 1. The molecule has 20 heavy (non-hydrogen) atoms. The summed E-state index contributed by atoms with van der Waals surface area (Å²) in [6.07, 6.45) is 1.37. The molecule has 1 aliphatic heterocycles. The molecule has 0 bridgehead atoms. The van der Waals surface area contributed by atoms with Gasteiger partial charge in [0.2, 0.25) is 5.91 Å². The number of rotatable bonds is 4. The number of likely N-dealkylation sites (tertiary alicyclic amines) is 1. The van der Waals surface area contributed by atoms with Gasteiger partial charge in [0.1, 0.15) is 5.82 Å². The van der Waals surface area contributed by atoms with E-state index in [-0.39, 0.29) is 30.9 Å². The average Bonchev–Trinajstić information content (AvgIpc) is 2.41. The number of hydrogen-bond acceptors (Lipinski definition) is 3. The molecule has 1 amide bonds. The highest BCUT2D eigenvalue weighted by atomic mass is 19.1. The zero-order valence-electron chi connectivity index (χ0n) is 11.8. The van der Waals surface area contributed by atoms with Crippen molar-refractivity contribution in [3.8, 4) is 0 Å². The Kier molecular flexibility index (Phi) is 5.09. The predicted octanol–water partition coefficient (Wildman–Crippen LogP) is 1.24. The SMILES string of the molecule is CN(Cc1ccccc1F)C(=O)CN1CCC[C@H](O)C1. The van der Waals surface area contributed by atoms with Gasteiger partial charge in [-0.15, -0.1) is 0 Å². The number of carbonyl (C=O) groups excluding carboxylic acids is 1. The first-order chi connectivity index (χ1) is 9.56. The molecule has 4 nitrogen and oxygen atoms in total. The molecule has 0 saturated carbocycles. The molecule has 1 fully saturated rings. The highest BCUT2D eigenvalue weighted by Crippen LogP contribution is 2.12. The normalized spacial score (nSPS) is 19.9. The van der Waals surface area contributed by atoms with E-state index in [1.165, 1.54) is 11.0 Å². The van der Waals surface area contributed by atoms with E-state index in [9.17, 15) is 14.3 Å². The smallest absolute Gasteiger partial charge is 0.236 e. The number of hydrogen-bond donors (Lipinski definition) is 1. The minimum atomic E-state index is -0.339. The van der Waals surface area contributed by atoms with Crippen molar-refractivity contribution in [2.24, 2.45) is 0 Å². The van der Waals surface area contributed by atoms with Gasteiger partial charge in [0, 0.05) is 25.7 Å². The van der Waals surface area contributed by atoms with E-state index in [4.69, 9.17) is 0 Å². The largest absolute Gasteiger partial charge is 0.392 e. The highest BCUT2D eigenvalue weighted by molar-refractivity contribution is 5.78. The lowest BCUT2D eigenvalue weighted by Crippen LogP contribution is -2.44. The molecule has 1 N–H and O–H groups in total. The van der Waals surface area contributed by atoms with Crippen LogP contribution in [0.2, 0.25) is 0 Å². The molecule has 0 radical (unpaired) electrons. The first kappa shape index (κ1) is 14.9. The predicted molar refractivity (Wildman–Crippen MR) is 74.6 cm³/mol. The Hall–Kier alpha value is -1.46. The lowest BCUT2D eigenvalue weighted by Gasteiger charge is -2.30. The minimum absolute atomic E-state index is 0.0534. The fraction of sp³-hybridized carbons (Fsp3) is 0.533. The number of aliphatic hydroxyl groups is 1. The van der Waals surface area contributed by atoms with Gasteiger partial charge in [0.25, 0.3) is 0 Å². The number of β-amino-alcohol motifs (C(OH)–C–C–N with tert-alkyl or cyclic N) is 1. The van der Waals surface area contributed by atoms with E-state index in [1.807, 2.05) is 4.90 Å². The van der Waals surface area contributed by atoms with Gasteiger partial charge in [-0.25, -0.2) is 4.39 Å². The minimum Gasteiger partial charge on any atom is -0.392 e. The van der Waals surface area contributed by atoms with Gasteiger partial charge in [-0.3, -0.25) is 9.69 Å². The topological polar surface area (TPSA) is 43.8 Å². The van der Waals surface area contributed by atoms with Gasteiger partial charge in [-0.05, 0) is 25.5 Å². The second-order valence-electron chi connectivity index (χ2n) is 5.37. The molecule has 2 rings (SSSR count). The van der Waals surface area contributed by atoms with Crippen molar-refractivity contribution >= 4 is 5.91 Å². The van der Waals surface area contributed by atoms with Crippen LogP contribution in [0.3, 0.4) is 0 Å². The van der Waals surface area contributed by atoms with Gasteiger partial charge in [0.05, 0.1) is 12.6 Å². The molecular weight excluding hydrogens is 259 g/mol. The number of benzene rings is 1. The third-order valence-corrected chi connectivity index (χ3v) is 3.63. The van der Waals surface area contributed by atoms with Crippen LogP contribution in [0.15, 0.2) is 24.3 Å². The van der Waals surface area contributed by atoms with Crippen molar-refractivity contribution in [2.45, 2.75) is 25.5 Å². The van der Waals surface area contributed by atoms with Crippen molar-refractivity contribution in [2.75, 3.05) is 26.7 Å². The molecular formula is C15H21FN2O2. The van der Waals surface area contributed by atoms with E-state index in [0.717, 1.165) is 19.4 Å². The van der Waals surface area contributed by atoms with Crippen LogP contribution in [-0.4, -0.2) is 53.6 Å². The summed E-state index contributed by atoms with van der Waals surface area (Å²) in [6.45, 7) is 1.92. The van der Waals surface area contributed by atoms with Crippen molar-refractivity contribution in [1.82, 2.24) is 9.80 Å². The summed E-state index contributed by atoms with van der Waals surface area (Å²) in [5.41, 5.74) is 0.516. The number of nitrogens with zero attached hydrogens (tertiary/aromatic N) is 2. The lowest BCUT2D eigenvalue weighted by molar-refractivity contribution is -0.132. The van der Waals surface area contributed by atoms with Gasteiger partial charge >= 0.3 is 0 Å². The lowest BCUT2D eigenvalue weighted by atomic mass is 10.1. The van der Waals surface area contributed by atoms with Crippen LogP contribution in [0.4, 0.5) is 4.39 Å². The molecule has 1 aromatic carbocycles. The van der Waals surface area contributed by atoms with Crippen LogP contribution in [0.25, 0.3) is 0 Å². The van der Waals surface area contributed by atoms with E-state index < -0.39 is 0 Å². The van der Waals surface area contributed by atoms with Crippen LogP contribution < -0.4 is 0 Å². The molecule has 0 unspecified atom stereocenters. The number of amides is 1. The van der Waals surface area contributed by atoms with Crippen LogP contribution >= 0.6 is 0 Å². The fourth-order valence-corrected chi connectivity index (χ4v) is 2.46. The second kappa shape index (κ2) is 6.81. The number of piperidine rings is 1. The number of aliphatic hydroxyl groups excluding tert-OH is 1. The van der Waals surface area contributed by atoms with Crippen molar-refractivity contribution in [3.05, 3.63) is 35.6 Å². The van der Waals surface area contributed by atoms with Crippen molar-refractivity contribution in [3.63, 3.8) is 0 Å². The van der Waals surface area contributed by atoms with Crippen LogP contribution in [0, 0.1) is 5.82 Å². The Labute approximate surface area is 118 Å². The Morgan fingerprint density at radius 3 is 2.95 bits per heavy atom. The molecule has 1 atom stereocenters.